The summed E-state index contributed by atoms with van der Waals surface area (Å²) in [5.41, 5.74) is 4.01. The second kappa shape index (κ2) is 8.49. The molecular formula is C23H24N4O3. The molecule has 0 saturated carbocycles. The topological polar surface area (TPSA) is 83.0 Å². The zero-order valence-electron chi connectivity index (χ0n) is 17.4. The van der Waals surface area contributed by atoms with E-state index in [4.69, 9.17) is 9.26 Å². The number of hydrogen-bond acceptors (Lipinski definition) is 6. The summed E-state index contributed by atoms with van der Waals surface area (Å²) in [5.74, 6) is 1.94. The first-order chi connectivity index (χ1) is 14.6. The number of rotatable bonds is 7. The second-order valence-corrected chi connectivity index (χ2v) is 7.22. The molecule has 30 heavy (non-hydrogen) atoms. The normalized spacial score (nSPS) is 11.2. The highest BCUT2D eigenvalue weighted by Gasteiger charge is 2.13. The van der Waals surface area contributed by atoms with Gasteiger partial charge in [0.2, 0.25) is 11.7 Å². The van der Waals surface area contributed by atoms with Crippen molar-refractivity contribution < 1.29 is 9.26 Å². The lowest BCUT2D eigenvalue weighted by atomic mass is 10.1. The van der Waals surface area contributed by atoms with E-state index in [1.165, 1.54) is 5.56 Å². The lowest BCUT2D eigenvalue weighted by Crippen LogP contribution is -2.24. The first-order valence-corrected chi connectivity index (χ1v) is 10.1. The van der Waals surface area contributed by atoms with Gasteiger partial charge in [-0.25, -0.2) is 4.98 Å². The smallest absolute Gasteiger partial charge is 0.272 e. The summed E-state index contributed by atoms with van der Waals surface area (Å²) < 4.78 is 12.4. The molecule has 7 heteroatoms. The zero-order chi connectivity index (χ0) is 21.1. The summed E-state index contributed by atoms with van der Waals surface area (Å²) in [6.07, 6.45) is 2.33. The largest absolute Gasteiger partial charge is 0.497 e. The Balaban J connectivity index is 1.56. The maximum absolute atomic E-state index is 12.4. The van der Waals surface area contributed by atoms with E-state index in [0.29, 0.717) is 30.4 Å². The lowest BCUT2D eigenvalue weighted by Gasteiger charge is -2.10. The van der Waals surface area contributed by atoms with Gasteiger partial charge in [0.25, 0.3) is 5.56 Å². The quantitative estimate of drug-likeness (QED) is 0.464. The molecule has 0 atom stereocenters. The minimum Gasteiger partial charge on any atom is -0.497 e. The minimum absolute atomic E-state index is 0.0440. The van der Waals surface area contributed by atoms with Gasteiger partial charge in [-0.2, -0.15) is 4.98 Å². The zero-order valence-corrected chi connectivity index (χ0v) is 17.4. The van der Waals surface area contributed by atoms with E-state index in [2.05, 4.69) is 22.0 Å². The Morgan fingerprint density at radius 3 is 2.60 bits per heavy atom. The van der Waals surface area contributed by atoms with Gasteiger partial charge in [0, 0.05) is 18.5 Å². The molecule has 0 N–H and O–H groups in total. The molecule has 2 aromatic heterocycles. The summed E-state index contributed by atoms with van der Waals surface area (Å²) in [6.45, 7) is 4.46. The number of aromatic nitrogens is 4. The first-order valence-electron chi connectivity index (χ1n) is 10.1. The van der Waals surface area contributed by atoms with Crippen molar-refractivity contribution >= 4 is 11.0 Å². The molecule has 0 aliphatic carbocycles. The molecule has 0 aliphatic heterocycles. The predicted octanol–water partition coefficient (Wildman–Crippen LogP) is 3.96. The average Bonchev–Trinajstić information content (AvgIpc) is 3.24. The highest BCUT2D eigenvalue weighted by Crippen LogP contribution is 2.22. The summed E-state index contributed by atoms with van der Waals surface area (Å²) in [7, 11) is 1.65. The van der Waals surface area contributed by atoms with Crippen molar-refractivity contribution in [2.75, 3.05) is 7.11 Å². The molecule has 0 saturated heterocycles. The van der Waals surface area contributed by atoms with Crippen LogP contribution in [0.25, 0.3) is 22.4 Å². The van der Waals surface area contributed by atoms with Gasteiger partial charge in [-0.3, -0.25) is 4.79 Å². The lowest BCUT2D eigenvalue weighted by molar-refractivity contribution is 0.379. The molecule has 4 rings (SSSR count). The fourth-order valence-corrected chi connectivity index (χ4v) is 3.48. The number of hydrogen-bond donors (Lipinski definition) is 0. The van der Waals surface area contributed by atoms with Crippen molar-refractivity contribution in [3.63, 3.8) is 0 Å². The van der Waals surface area contributed by atoms with Crippen LogP contribution in [0.4, 0.5) is 0 Å². The number of methoxy groups -OCH3 is 1. The number of aryl methyl sites for hydroxylation is 4. The maximum Gasteiger partial charge on any atom is 0.272 e. The van der Waals surface area contributed by atoms with E-state index < -0.39 is 0 Å². The second-order valence-electron chi connectivity index (χ2n) is 7.22. The van der Waals surface area contributed by atoms with Gasteiger partial charge < -0.3 is 13.8 Å². The Labute approximate surface area is 174 Å². The summed E-state index contributed by atoms with van der Waals surface area (Å²) in [6, 6.07) is 13.7. The van der Waals surface area contributed by atoms with Crippen molar-refractivity contribution in [1.82, 2.24) is 19.7 Å². The van der Waals surface area contributed by atoms with Crippen molar-refractivity contribution in [3.8, 4) is 17.1 Å². The van der Waals surface area contributed by atoms with Crippen LogP contribution in [0.15, 0.2) is 51.8 Å². The van der Waals surface area contributed by atoms with Crippen molar-refractivity contribution in [2.45, 2.75) is 39.7 Å². The third-order valence-corrected chi connectivity index (χ3v) is 5.07. The Hall–Kier alpha value is -3.48. The molecular weight excluding hydrogens is 380 g/mol. The van der Waals surface area contributed by atoms with Crippen molar-refractivity contribution in [2.24, 2.45) is 0 Å². The SMILES string of the molecule is CCCn1c(=O)c(C)nc2cc(-c3noc(CCc4ccc(OC)cc4)n3)ccc21. The van der Waals surface area contributed by atoms with Crippen molar-refractivity contribution in [1.29, 1.82) is 0 Å². The van der Waals surface area contributed by atoms with Crippen LogP contribution in [0, 0.1) is 6.92 Å². The molecule has 4 aromatic rings. The van der Waals surface area contributed by atoms with Crippen LogP contribution in [0.5, 0.6) is 5.75 Å². The fraction of sp³-hybridized carbons (Fsp3) is 0.304. The molecule has 0 amide bonds. The highest BCUT2D eigenvalue weighted by atomic mass is 16.5. The number of ether oxygens (including phenoxy) is 1. The van der Waals surface area contributed by atoms with E-state index in [1.54, 1.807) is 18.6 Å². The van der Waals surface area contributed by atoms with Gasteiger partial charge in [-0.05, 0) is 55.7 Å². The summed E-state index contributed by atoms with van der Waals surface area (Å²) >= 11 is 0. The molecule has 2 aromatic carbocycles. The summed E-state index contributed by atoms with van der Waals surface area (Å²) in [5, 5.41) is 4.13. The molecule has 0 fully saturated rings. The number of nitrogens with zero attached hydrogens (tertiary/aromatic N) is 4. The highest BCUT2D eigenvalue weighted by molar-refractivity contribution is 5.80. The molecule has 0 spiro atoms. The van der Waals surface area contributed by atoms with Gasteiger partial charge in [-0.15, -0.1) is 0 Å². The van der Waals surface area contributed by atoms with Gasteiger partial charge >= 0.3 is 0 Å². The number of benzene rings is 2. The van der Waals surface area contributed by atoms with Crippen LogP contribution in [0.3, 0.4) is 0 Å². The summed E-state index contributed by atoms with van der Waals surface area (Å²) in [4.78, 5) is 21.4. The van der Waals surface area contributed by atoms with E-state index in [1.807, 2.05) is 42.5 Å². The van der Waals surface area contributed by atoms with Crippen LogP contribution in [-0.4, -0.2) is 26.8 Å². The Kier molecular flexibility index (Phi) is 5.61. The molecule has 0 radical (unpaired) electrons. The first kappa shape index (κ1) is 19.8. The van der Waals surface area contributed by atoms with Crippen molar-refractivity contribution in [3.05, 3.63) is 70.0 Å². The average molecular weight is 404 g/mol. The molecule has 0 bridgehead atoms. The molecule has 2 heterocycles. The van der Waals surface area contributed by atoms with E-state index in [9.17, 15) is 4.79 Å². The Morgan fingerprint density at radius 1 is 1.07 bits per heavy atom. The molecule has 154 valence electrons. The van der Waals surface area contributed by atoms with Gasteiger partial charge in [0.1, 0.15) is 11.4 Å². The third-order valence-electron chi connectivity index (χ3n) is 5.07. The van der Waals surface area contributed by atoms with E-state index >= 15 is 0 Å². The molecule has 7 nitrogen and oxygen atoms in total. The van der Waals surface area contributed by atoms with Gasteiger partial charge in [-0.1, -0.05) is 24.2 Å². The van der Waals surface area contributed by atoms with Crippen LogP contribution in [-0.2, 0) is 19.4 Å². The Morgan fingerprint density at radius 2 is 1.87 bits per heavy atom. The van der Waals surface area contributed by atoms with E-state index in [-0.39, 0.29) is 5.56 Å². The predicted molar refractivity (Wildman–Crippen MR) is 115 cm³/mol. The molecule has 0 aliphatic rings. The van der Waals surface area contributed by atoms with Crippen LogP contribution >= 0.6 is 0 Å². The van der Waals surface area contributed by atoms with Crippen LogP contribution in [0.2, 0.25) is 0 Å². The van der Waals surface area contributed by atoms with E-state index in [0.717, 1.165) is 35.2 Å². The van der Waals surface area contributed by atoms with Crippen LogP contribution < -0.4 is 10.3 Å². The minimum atomic E-state index is -0.0440. The molecule has 0 unspecified atom stereocenters. The maximum atomic E-state index is 12.4. The third kappa shape index (κ3) is 3.96. The Bertz CT molecular complexity index is 1230. The number of fused-ring (bicyclic) bond motifs is 1. The monoisotopic (exact) mass is 404 g/mol. The van der Waals surface area contributed by atoms with Gasteiger partial charge in [0.05, 0.1) is 18.1 Å². The standard InChI is InChI=1S/C23H24N4O3/c1-4-13-27-20-11-8-17(14-19(20)24-15(2)23(27)28)22-25-21(30-26-22)12-7-16-5-9-18(29-3)10-6-16/h5-6,8-11,14H,4,7,12-13H2,1-3H3. The fourth-order valence-electron chi connectivity index (χ4n) is 3.48. The van der Waals surface area contributed by atoms with Gasteiger partial charge in [0.15, 0.2) is 0 Å². The van der Waals surface area contributed by atoms with Crippen LogP contribution in [0.1, 0.15) is 30.5 Å².